The molecule has 3 rings (SSSR count). The quantitative estimate of drug-likeness (QED) is 0.572. The van der Waals surface area contributed by atoms with Gasteiger partial charge in [-0.25, -0.2) is 0 Å². The maximum atomic E-state index is 12.9. The lowest BCUT2D eigenvalue weighted by molar-refractivity contribution is -0.119. The number of hydrogen-bond donors (Lipinski definition) is 0. The Morgan fingerprint density at radius 1 is 0.885 bits per heavy atom. The summed E-state index contributed by atoms with van der Waals surface area (Å²) in [5.41, 5.74) is 3.80. The van der Waals surface area contributed by atoms with E-state index in [1.54, 1.807) is 6.92 Å². The summed E-state index contributed by atoms with van der Waals surface area (Å²) >= 11 is 0. The lowest BCUT2D eigenvalue weighted by Gasteiger charge is -2.26. The van der Waals surface area contributed by atoms with E-state index in [4.69, 9.17) is 0 Å². The fourth-order valence-electron chi connectivity index (χ4n) is 3.17. The minimum Gasteiger partial charge on any atom is -0.307 e. The maximum absolute atomic E-state index is 12.9. The van der Waals surface area contributed by atoms with Crippen LogP contribution < -0.4 is 4.90 Å². The van der Waals surface area contributed by atoms with E-state index in [1.807, 2.05) is 53.4 Å². The van der Waals surface area contributed by atoms with Crippen LogP contribution in [0.1, 0.15) is 55.7 Å². The van der Waals surface area contributed by atoms with Crippen molar-refractivity contribution in [2.75, 3.05) is 4.90 Å². The molecule has 1 aliphatic rings. The molecule has 2 aromatic carbocycles. The van der Waals surface area contributed by atoms with Crippen LogP contribution in [0.3, 0.4) is 0 Å². The van der Waals surface area contributed by atoms with E-state index in [9.17, 15) is 9.59 Å². The van der Waals surface area contributed by atoms with E-state index in [-0.39, 0.29) is 11.7 Å². The molecule has 0 N–H and O–H groups in total. The molecule has 0 spiro atoms. The number of rotatable bonds is 6. The molecule has 0 fully saturated rings. The molecule has 3 heteroatoms. The molecule has 0 aliphatic carbocycles. The van der Waals surface area contributed by atoms with Gasteiger partial charge in [0.2, 0.25) is 5.91 Å². The minimum atomic E-state index is 0.110. The summed E-state index contributed by atoms with van der Waals surface area (Å²) in [6, 6.07) is 15.8. The molecule has 0 atom stereocenters. The number of amides is 1. The second-order valence-electron chi connectivity index (χ2n) is 6.67. The maximum Gasteiger partial charge on any atom is 0.227 e. The highest BCUT2D eigenvalue weighted by Gasteiger charge is 2.20. The van der Waals surface area contributed by atoms with Crippen molar-refractivity contribution in [3.05, 3.63) is 65.2 Å². The molecule has 1 amide bonds. The first-order chi connectivity index (χ1) is 12.6. The van der Waals surface area contributed by atoms with Gasteiger partial charge in [0.1, 0.15) is 5.78 Å². The van der Waals surface area contributed by atoms with Crippen LogP contribution in [0.15, 0.2) is 48.5 Å². The monoisotopic (exact) mass is 345 g/mol. The summed E-state index contributed by atoms with van der Waals surface area (Å²) in [5, 5.41) is 0. The van der Waals surface area contributed by atoms with Crippen molar-refractivity contribution in [3.63, 3.8) is 0 Å². The van der Waals surface area contributed by atoms with Crippen LogP contribution in [0.2, 0.25) is 0 Å². The number of nitrogens with zero attached hydrogens (tertiary/aromatic N) is 1. The first-order valence-electron chi connectivity index (χ1n) is 9.14. The Kier molecular flexibility index (Phi) is 5.86. The molecule has 2 aromatic rings. The Labute approximate surface area is 155 Å². The van der Waals surface area contributed by atoms with E-state index in [1.165, 1.54) is 0 Å². The third kappa shape index (κ3) is 4.40. The van der Waals surface area contributed by atoms with Gasteiger partial charge in [-0.15, -0.1) is 0 Å². The molecule has 0 saturated carbocycles. The van der Waals surface area contributed by atoms with Gasteiger partial charge < -0.3 is 9.69 Å². The molecule has 0 saturated heterocycles. The van der Waals surface area contributed by atoms with Crippen molar-refractivity contribution < 1.29 is 9.59 Å². The number of ketones is 1. The standard InChI is InChI=1S/C23H23NO2/c1-18(25)9-3-2-4-14-23(26)24-17-21-12-6-5-10-19(21)15-16-20-11-7-8-13-22(20)24/h5-8,10-13H,2-4,9,14,17H2,1H3. The second-order valence-corrected chi connectivity index (χ2v) is 6.67. The van der Waals surface area contributed by atoms with E-state index in [2.05, 4.69) is 11.8 Å². The second kappa shape index (κ2) is 8.49. The third-order valence-corrected chi connectivity index (χ3v) is 4.59. The number of para-hydroxylation sites is 1. The van der Waals surface area contributed by atoms with Crippen LogP contribution in [0.5, 0.6) is 0 Å². The Bertz CT molecular complexity index is 873. The van der Waals surface area contributed by atoms with Gasteiger partial charge in [-0.3, -0.25) is 4.79 Å². The summed E-state index contributed by atoms with van der Waals surface area (Å²) in [7, 11) is 0. The van der Waals surface area contributed by atoms with E-state index in [0.29, 0.717) is 19.4 Å². The van der Waals surface area contributed by atoms with Crippen molar-refractivity contribution in [1.29, 1.82) is 0 Å². The highest BCUT2D eigenvalue weighted by Crippen LogP contribution is 2.26. The third-order valence-electron chi connectivity index (χ3n) is 4.59. The van der Waals surface area contributed by atoms with E-state index >= 15 is 0 Å². The number of carbonyl (C=O) groups excluding carboxylic acids is 2. The molecular weight excluding hydrogens is 322 g/mol. The van der Waals surface area contributed by atoms with Gasteiger partial charge in [-0.05, 0) is 43.5 Å². The van der Waals surface area contributed by atoms with Gasteiger partial charge in [-0.2, -0.15) is 0 Å². The average molecular weight is 345 g/mol. The SMILES string of the molecule is CC(=O)CCCCCC(=O)N1Cc2ccccc2C#Cc2ccccc21. The van der Waals surface area contributed by atoms with Crippen LogP contribution in [-0.2, 0) is 16.1 Å². The Morgan fingerprint density at radius 2 is 1.54 bits per heavy atom. The predicted molar refractivity (Wildman–Crippen MR) is 104 cm³/mol. The first kappa shape index (κ1) is 17.9. The lowest BCUT2D eigenvalue weighted by atomic mass is 10.0. The zero-order valence-electron chi connectivity index (χ0n) is 15.1. The minimum absolute atomic E-state index is 0.110. The van der Waals surface area contributed by atoms with Gasteiger partial charge in [0.25, 0.3) is 0 Å². The van der Waals surface area contributed by atoms with Gasteiger partial charge in [0.15, 0.2) is 0 Å². The van der Waals surface area contributed by atoms with Crippen molar-refractivity contribution in [2.45, 2.75) is 45.6 Å². The average Bonchev–Trinajstić information content (AvgIpc) is 2.63. The molecule has 0 radical (unpaired) electrons. The Morgan fingerprint density at radius 3 is 2.35 bits per heavy atom. The van der Waals surface area contributed by atoms with Gasteiger partial charge in [-0.1, -0.05) is 48.6 Å². The number of Topliss-reactive ketones (excluding diaryl/α,β-unsaturated/α-hetero) is 1. The number of fused-ring (bicyclic) bond motifs is 2. The summed E-state index contributed by atoms with van der Waals surface area (Å²) in [4.78, 5) is 25.8. The molecule has 0 aromatic heterocycles. The smallest absolute Gasteiger partial charge is 0.227 e. The van der Waals surface area contributed by atoms with E-state index in [0.717, 1.165) is 41.6 Å². The molecule has 1 aliphatic heterocycles. The molecule has 1 heterocycles. The van der Waals surface area contributed by atoms with Crippen LogP contribution in [0.25, 0.3) is 0 Å². The van der Waals surface area contributed by atoms with Crippen LogP contribution in [0, 0.1) is 11.8 Å². The molecular formula is C23H23NO2. The van der Waals surface area contributed by atoms with Gasteiger partial charge in [0.05, 0.1) is 12.2 Å². The van der Waals surface area contributed by atoms with E-state index < -0.39 is 0 Å². The van der Waals surface area contributed by atoms with Gasteiger partial charge >= 0.3 is 0 Å². The van der Waals surface area contributed by atoms with Crippen molar-refractivity contribution in [1.82, 2.24) is 0 Å². The summed E-state index contributed by atoms with van der Waals surface area (Å²) in [6.07, 6.45) is 3.65. The molecule has 0 unspecified atom stereocenters. The van der Waals surface area contributed by atoms with Crippen molar-refractivity contribution >= 4 is 17.4 Å². The lowest BCUT2D eigenvalue weighted by Crippen LogP contribution is -2.31. The largest absolute Gasteiger partial charge is 0.307 e. The number of benzene rings is 2. The van der Waals surface area contributed by atoms with Crippen LogP contribution in [0.4, 0.5) is 5.69 Å². The summed E-state index contributed by atoms with van der Waals surface area (Å²) in [6.45, 7) is 2.15. The fraction of sp³-hybridized carbons (Fsp3) is 0.304. The number of unbranched alkanes of at least 4 members (excludes halogenated alkanes) is 2. The van der Waals surface area contributed by atoms with Crippen molar-refractivity contribution in [2.24, 2.45) is 0 Å². The summed E-state index contributed by atoms with van der Waals surface area (Å²) in [5.74, 6) is 6.77. The predicted octanol–water partition coefficient (Wildman–Crippen LogP) is 4.47. The number of carbonyl (C=O) groups is 2. The highest BCUT2D eigenvalue weighted by molar-refractivity contribution is 5.95. The van der Waals surface area contributed by atoms with Crippen LogP contribution >= 0.6 is 0 Å². The molecule has 3 nitrogen and oxygen atoms in total. The summed E-state index contributed by atoms with van der Waals surface area (Å²) < 4.78 is 0. The Hall–Kier alpha value is -2.86. The highest BCUT2D eigenvalue weighted by atomic mass is 16.2. The first-order valence-corrected chi connectivity index (χ1v) is 9.14. The zero-order chi connectivity index (χ0) is 18.4. The topological polar surface area (TPSA) is 37.4 Å². The normalized spacial score (nSPS) is 12.1. The van der Waals surface area contributed by atoms with Crippen molar-refractivity contribution in [3.8, 4) is 11.8 Å². The fourth-order valence-corrected chi connectivity index (χ4v) is 3.17. The molecule has 132 valence electrons. The number of hydrogen-bond acceptors (Lipinski definition) is 2. The van der Waals surface area contributed by atoms with Gasteiger partial charge in [0, 0.05) is 24.0 Å². The Balaban J connectivity index is 1.79. The number of anilines is 1. The molecule has 0 bridgehead atoms. The molecule has 26 heavy (non-hydrogen) atoms. The van der Waals surface area contributed by atoms with Crippen LogP contribution in [-0.4, -0.2) is 11.7 Å². The zero-order valence-corrected chi connectivity index (χ0v) is 15.1.